The molecule has 76 heavy (non-hydrogen) atoms. The minimum absolute atomic E-state index is 0.0884. The third kappa shape index (κ3) is 11.8. The average molecular weight is 1050 g/mol. The summed E-state index contributed by atoms with van der Waals surface area (Å²) in [6, 6.07) is 29.6. The number of nitrogens with one attached hydrogen (secondary N) is 1. The van der Waals surface area contributed by atoms with Crippen molar-refractivity contribution < 1.29 is 14.3 Å². The molecule has 3 amide bonds. The number of aromatic nitrogens is 6. The maximum Gasteiger partial charge on any atom is 0.410 e. The van der Waals surface area contributed by atoms with Gasteiger partial charge in [-0.3, -0.25) is 9.97 Å². The van der Waals surface area contributed by atoms with Crippen LogP contribution >= 0.6 is 23.2 Å². The van der Waals surface area contributed by atoms with Crippen LogP contribution in [0.1, 0.15) is 120 Å². The summed E-state index contributed by atoms with van der Waals surface area (Å²) in [6.07, 6.45) is 19.4. The third-order valence-corrected chi connectivity index (χ3v) is 15.3. The number of fused-ring (bicyclic) bond motifs is 4. The summed E-state index contributed by atoms with van der Waals surface area (Å²) >= 11 is 13.0. The molecule has 7 aromatic rings. The van der Waals surface area contributed by atoms with Crippen LogP contribution < -0.4 is 5.32 Å². The zero-order valence-electron chi connectivity index (χ0n) is 43.6. The molecule has 11 rings (SSSR count). The van der Waals surface area contributed by atoms with E-state index in [-0.39, 0.29) is 24.0 Å². The highest BCUT2D eigenvalue weighted by molar-refractivity contribution is 6.31. The molecule has 2 atom stereocenters. The summed E-state index contributed by atoms with van der Waals surface area (Å²) in [7, 11) is 0. The number of benzene rings is 3. The van der Waals surface area contributed by atoms with Gasteiger partial charge in [-0.1, -0.05) is 47.5 Å². The summed E-state index contributed by atoms with van der Waals surface area (Å²) in [5.74, 6) is 0.870. The molecular weight excluding hydrogens is 992 g/mol. The highest BCUT2D eigenvalue weighted by atomic mass is 35.5. The van der Waals surface area contributed by atoms with Crippen LogP contribution in [-0.2, 0) is 17.8 Å². The monoisotopic (exact) mass is 1050 g/mol. The van der Waals surface area contributed by atoms with Gasteiger partial charge in [0.2, 0.25) is 0 Å². The molecule has 2 unspecified atom stereocenters. The van der Waals surface area contributed by atoms with E-state index in [9.17, 15) is 9.59 Å². The van der Waals surface area contributed by atoms with Crippen LogP contribution in [0, 0.1) is 37.0 Å². The maximum atomic E-state index is 13.0. The quantitative estimate of drug-likeness (QED) is 0.166. The number of imidazole rings is 2. The van der Waals surface area contributed by atoms with Gasteiger partial charge in [-0.05, 0) is 178 Å². The topological polar surface area (TPSA) is 147 Å². The number of aryl methyl sites for hydroxylation is 2. The van der Waals surface area contributed by atoms with Crippen molar-refractivity contribution in [2.24, 2.45) is 11.8 Å². The Bertz CT molecular complexity index is 3370. The fourth-order valence-corrected chi connectivity index (χ4v) is 11.7. The van der Waals surface area contributed by atoms with E-state index in [2.05, 4.69) is 91.4 Å². The van der Waals surface area contributed by atoms with Gasteiger partial charge < -0.3 is 29.0 Å². The second-order valence-corrected chi connectivity index (χ2v) is 22.2. The molecular formula is C61H62Cl2N10O3. The molecule has 2 aliphatic carbocycles. The number of allylic oxidation sites excluding steroid dienone is 2. The first-order chi connectivity index (χ1) is 36.7. The number of carbonyl (C=O) groups is 2. The van der Waals surface area contributed by atoms with Gasteiger partial charge in [0.05, 0.1) is 47.1 Å². The highest BCUT2D eigenvalue weighted by Gasteiger charge is 2.38. The average Bonchev–Trinajstić information content (AvgIpc) is 3.97. The number of nitriles is 1. The number of piperidine rings is 2. The normalized spacial score (nSPS) is 17.4. The smallest absolute Gasteiger partial charge is 0.410 e. The molecule has 2 fully saturated rings. The van der Waals surface area contributed by atoms with E-state index >= 15 is 0 Å². The second kappa shape index (κ2) is 22.4. The number of urea groups is 1. The summed E-state index contributed by atoms with van der Waals surface area (Å²) in [5, 5.41) is 13.4. The van der Waals surface area contributed by atoms with E-state index in [0.29, 0.717) is 67.4 Å². The number of amides is 3. The van der Waals surface area contributed by atoms with Gasteiger partial charge in [-0.2, -0.15) is 5.26 Å². The van der Waals surface area contributed by atoms with Crippen LogP contribution in [0.15, 0.2) is 122 Å². The second-order valence-electron chi connectivity index (χ2n) is 21.3. The molecule has 3 aromatic carbocycles. The molecule has 2 saturated heterocycles. The number of halogens is 2. The van der Waals surface area contributed by atoms with Crippen molar-refractivity contribution in [3.8, 4) is 6.07 Å². The number of anilines is 1. The van der Waals surface area contributed by atoms with E-state index in [1.165, 1.54) is 22.3 Å². The lowest BCUT2D eigenvalue weighted by atomic mass is 9.76. The number of nitrogens with zero attached hydrogens (tertiary/aromatic N) is 9. The first-order valence-electron chi connectivity index (χ1n) is 26.1. The number of hydrogen-bond acceptors (Lipinski definition) is 8. The minimum atomic E-state index is -0.494. The molecule has 388 valence electrons. The summed E-state index contributed by atoms with van der Waals surface area (Å²) < 4.78 is 9.84. The van der Waals surface area contributed by atoms with Gasteiger partial charge in [0.1, 0.15) is 5.60 Å². The van der Waals surface area contributed by atoms with Crippen LogP contribution in [0.4, 0.5) is 15.3 Å². The Morgan fingerprint density at radius 2 is 1.14 bits per heavy atom. The van der Waals surface area contributed by atoms with Crippen molar-refractivity contribution in [2.45, 2.75) is 90.8 Å². The number of pyridine rings is 2. The number of likely N-dealkylation sites (tertiary alicyclic amines) is 2. The Morgan fingerprint density at radius 3 is 1.58 bits per heavy atom. The SMILES string of the molecule is Cc1cn(CC2=Cc3cc(Cl)ccc3C(C3CCN(C(=O)Nc4ccc(C#N)cc4)CC3)c3ncccc32)cn1.Cc1cn(CC2=Cc3cc(Cl)ccc3C(C3CCN(C(=O)OC(C)(C)C)CC3)c3ncccc32)cn1. The highest BCUT2D eigenvalue weighted by Crippen LogP contribution is 2.47. The molecule has 6 heterocycles. The molecule has 0 spiro atoms. The van der Waals surface area contributed by atoms with Crippen LogP contribution in [0.3, 0.4) is 0 Å². The van der Waals surface area contributed by atoms with Crippen LogP contribution in [0.5, 0.6) is 0 Å². The van der Waals surface area contributed by atoms with Crippen molar-refractivity contribution >= 4 is 64.3 Å². The van der Waals surface area contributed by atoms with Gasteiger partial charge in [0, 0.05) is 103 Å². The van der Waals surface area contributed by atoms with Crippen LogP contribution in [0.25, 0.3) is 23.3 Å². The van der Waals surface area contributed by atoms with Crippen molar-refractivity contribution in [3.05, 3.63) is 194 Å². The van der Waals surface area contributed by atoms with Crippen molar-refractivity contribution in [2.75, 3.05) is 31.5 Å². The molecule has 0 saturated carbocycles. The van der Waals surface area contributed by atoms with Crippen LogP contribution in [0.2, 0.25) is 10.0 Å². The predicted octanol–water partition coefficient (Wildman–Crippen LogP) is 13.3. The molecule has 1 N–H and O–H groups in total. The predicted molar refractivity (Wildman–Crippen MR) is 300 cm³/mol. The molecule has 0 radical (unpaired) electrons. The Morgan fingerprint density at radius 1 is 0.671 bits per heavy atom. The zero-order chi connectivity index (χ0) is 53.1. The maximum absolute atomic E-state index is 13.0. The van der Waals surface area contributed by atoms with Crippen molar-refractivity contribution in [1.29, 1.82) is 5.26 Å². The zero-order valence-corrected chi connectivity index (χ0v) is 45.1. The first kappa shape index (κ1) is 51.9. The molecule has 0 bridgehead atoms. The standard InChI is InChI=1S/C32H29ClN6O.C29H33ClN4O2/c1-21-18-38(20-36-21)19-25-15-24-16-26(33)6-9-28(24)30(31-29(25)3-2-12-35-31)23-10-13-39(14-11-23)32(40)37-27-7-4-22(17-34)5-8-27;1-19-16-33(18-32-19)17-22-14-21-15-23(30)7-8-24(21)26(27-25(22)6-5-11-31-27)20-9-12-34(13-10-20)28(35)36-29(2,3)4/h2-9,12,15-16,18,20,23,30H,10-11,13-14,19H2,1H3,(H,37,40);5-8,11,14-16,18,20,26H,9-10,12-13,17H2,1-4H3. The Balaban J connectivity index is 0.000000174. The molecule has 2 aliphatic heterocycles. The third-order valence-electron chi connectivity index (χ3n) is 14.8. The molecule has 15 heteroatoms. The van der Waals surface area contributed by atoms with E-state index in [1.807, 2.05) is 93.7 Å². The summed E-state index contributed by atoms with van der Waals surface area (Å²) in [4.78, 5) is 48.1. The van der Waals surface area contributed by atoms with Crippen LogP contribution in [-0.4, -0.2) is 82.8 Å². The van der Waals surface area contributed by atoms with E-state index in [1.54, 1.807) is 24.3 Å². The lowest BCUT2D eigenvalue weighted by Gasteiger charge is -2.37. The number of rotatable bonds is 7. The lowest BCUT2D eigenvalue weighted by Crippen LogP contribution is -2.42. The number of ether oxygens (including phenoxy) is 1. The number of carbonyl (C=O) groups excluding carboxylic acids is 2. The Kier molecular flexibility index (Phi) is 15.3. The van der Waals surface area contributed by atoms with E-state index in [0.717, 1.165) is 75.7 Å². The molecule has 4 aliphatic rings. The first-order valence-corrected chi connectivity index (χ1v) is 26.8. The van der Waals surface area contributed by atoms with Gasteiger partial charge in [-0.25, -0.2) is 19.6 Å². The molecule has 13 nitrogen and oxygen atoms in total. The van der Waals surface area contributed by atoms with Gasteiger partial charge >= 0.3 is 12.1 Å². The fourth-order valence-electron chi connectivity index (χ4n) is 11.3. The Hall–Kier alpha value is -7.53. The van der Waals surface area contributed by atoms with Gasteiger partial charge in [-0.15, -0.1) is 0 Å². The van der Waals surface area contributed by atoms with E-state index < -0.39 is 5.60 Å². The number of hydrogen-bond donors (Lipinski definition) is 1. The minimum Gasteiger partial charge on any atom is -0.444 e. The molecule has 4 aromatic heterocycles. The summed E-state index contributed by atoms with van der Waals surface area (Å²) in [5.41, 5.74) is 14.3. The largest absolute Gasteiger partial charge is 0.444 e. The van der Waals surface area contributed by atoms with Crippen molar-refractivity contribution in [1.82, 2.24) is 38.9 Å². The Labute approximate surface area is 454 Å². The lowest BCUT2D eigenvalue weighted by molar-refractivity contribution is 0.0178. The van der Waals surface area contributed by atoms with Crippen molar-refractivity contribution in [3.63, 3.8) is 0 Å². The summed E-state index contributed by atoms with van der Waals surface area (Å²) in [6.45, 7) is 13.8. The fraction of sp³-hybridized carbons (Fsp3) is 0.328. The van der Waals surface area contributed by atoms with Gasteiger partial charge in [0.25, 0.3) is 0 Å². The van der Waals surface area contributed by atoms with Gasteiger partial charge in [0.15, 0.2) is 0 Å². The van der Waals surface area contributed by atoms with E-state index in [4.69, 9.17) is 43.2 Å².